The van der Waals surface area contributed by atoms with Crippen LogP contribution in [-0.4, -0.2) is 37.3 Å². The van der Waals surface area contributed by atoms with E-state index in [1.54, 1.807) is 17.3 Å². The van der Waals surface area contributed by atoms with Gasteiger partial charge in [-0.1, -0.05) is 0 Å². The number of aromatic nitrogens is 4. The number of hydrogen-bond acceptors (Lipinski definition) is 3. The summed E-state index contributed by atoms with van der Waals surface area (Å²) in [6.07, 6.45) is 3.71. The summed E-state index contributed by atoms with van der Waals surface area (Å²) in [6, 6.07) is 3.17. The average molecular weight is 285 g/mol. The maximum atomic E-state index is 14.4. The van der Waals surface area contributed by atoms with Crippen LogP contribution >= 0.6 is 0 Å². The van der Waals surface area contributed by atoms with Crippen molar-refractivity contribution in [2.45, 2.75) is 13.0 Å². The molecule has 1 aromatic carbocycles. The van der Waals surface area contributed by atoms with Gasteiger partial charge in [0, 0.05) is 13.0 Å². The van der Waals surface area contributed by atoms with Crippen molar-refractivity contribution in [3.63, 3.8) is 0 Å². The second-order valence-corrected chi connectivity index (χ2v) is 5.03. The summed E-state index contributed by atoms with van der Waals surface area (Å²) in [6.45, 7) is 0.959. The second-order valence-electron chi connectivity index (χ2n) is 5.03. The molecule has 1 aliphatic heterocycles. The molecule has 4 rings (SSSR count). The number of rotatable bonds is 1. The summed E-state index contributed by atoms with van der Waals surface area (Å²) >= 11 is 0. The first kappa shape index (κ1) is 12.1. The van der Waals surface area contributed by atoms with E-state index in [1.807, 2.05) is 0 Å². The van der Waals surface area contributed by atoms with Crippen LogP contribution in [0.1, 0.15) is 21.7 Å². The van der Waals surface area contributed by atoms with Crippen molar-refractivity contribution in [3.8, 4) is 0 Å². The molecule has 0 radical (unpaired) electrons. The van der Waals surface area contributed by atoms with Crippen LogP contribution in [0.25, 0.3) is 11.0 Å². The molecule has 1 aliphatic rings. The zero-order valence-corrected chi connectivity index (χ0v) is 11.1. The van der Waals surface area contributed by atoms with Crippen molar-refractivity contribution >= 4 is 16.9 Å². The first-order valence-corrected chi connectivity index (χ1v) is 6.66. The molecule has 0 spiro atoms. The van der Waals surface area contributed by atoms with Crippen LogP contribution < -0.4 is 0 Å². The lowest BCUT2D eigenvalue weighted by Gasteiger charge is -2.26. The summed E-state index contributed by atoms with van der Waals surface area (Å²) in [7, 11) is 0. The minimum atomic E-state index is -0.575. The van der Waals surface area contributed by atoms with Gasteiger partial charge in [-0.15, -0.1) is 0 Å². The van der Waals surface area contributed by atoms with Crippen molar-refractivity contribution in [1.29, 1.82) is 0 Å². The van der Waals surface area contributed by atoms with Crippen molar-refractivity contribution < 1.29 is 9.18 Å². The van der Waals surface area contributed by atoms with Gasteiger partial charge in [0.25, 0.3) is 5.91 Å². The van der Waals surface area contributed by atoms with E-state index in [4.69, 9.17) is 0 Å². The Morgan fingerprint density at radius 2 is 2.10 bits per heavy atom. The van der Waals surface area contributed by atoms with E-state index in [0.717, 1.165) is 11.4 Å². The molecule has 3 aromatic rings. The molecule has 21 heavy (non-hydrogen) atoms. The highest BCUT2D eigenvalue weighted by Crippen LogP contribution is 2.22. The number of nitrogens with one attached hydrogen (secondary N) is 2. The van der Waals surface area contributed by atoms with Gasteiger partial charge in [-0.05, 0) is 12.1 Å². The van der Waals surface area contributed by atoms with Crippen LogP contribution in [0, 0.1) is 5.82 Å². The van der Waals surface area contributed by atoms with Crippen LogP contribution in [0.3, 0.4) is 0 Å². The van der Waals surface area contributed by atoms with Gasteiger partial charge in [0.2, 0.25) is 0 Å². The van der Waals surface area contributed by atoms with Gasteiger partial charge in [0.1, 0.15) is 5.52 Å². The van der Waals surface area contributed by atoms with Crippen LogP contribution in [0.5, 0.6) is 0 Å². The Morgan fingerprint density at radius 3 is 3.00 bits per heavy atom. The standard InChI is InChI=1S/C14H12FN5O/c15-12-8(1-2-10-13(12)19-7-17-10)14(21)20-4-3-9-11(5-20)18-6-16-9/h1-2,6-7H,3-5H2,(H,16,18)(H,17,19). The Hall–Kier alpha value is -2.70. The number of amides is 1. The van der Waals surface area contributed by atoms with Crippen LogP contribution in [0.2, 0.25) is 0 Å². The van der Waals surface area contributed by atoms with E-state index in [-0.39, 0.29) is 17.0 Å². The van der Waals surface area contributed by atoms with Crippen LogP contribution in [0.15, 0.2) is 24.8 Å². The Labute approximate surface area is 119 Å². The fraction of sp³-hybridized carbons (Fsp3) is 0.214. The summed E-state index contributed by atoms with van der Waals surface area (Å²) in [5.74, 6) is -0.896. The summed E-state index contributed by atoms with van der Waals surface area (Å²) in [5.41, 5.74) is 2.72. The lowest BCUT2D eigenvalue weighted by molar-refractivity contribution is 0.0727. The third-order valence-corrected chi connectivity index (χ3v) is 3.82. The quantitative estimate of drug-likeness (QED) is 0.713. The highest BCUT2D eigenvalue weighted by Gasteiger charge is 2.26. The number of fused-ring (bicyclic) bond motifs is 2. The van der Waals surface area contributed by atoms with Gasteiger partial charge in [-0.25, -0.2) is 14.4 Å². The summed E-state index contributed by atoms with van der Waals surface area (Å²) in [5, 5.41) is 0. The summed E-state index contributed by atoms with van der Waals surface area (Å²) in [4.78, 5) is 28.1. The molecule has 6 nitrogen and oxygen atoms in total. The van der Waals surface area contributed by atoms with Gasteiger partial charge in [0.15, 0.2) is 5.82 Å². The van der Waals surface area contributed by atoms with E-state index in [0.29, 0.717) is 25.0 Å². The lowest BCUT2D eigenvalue weighted by Crippen LogP contribution is -2.36. The Kier molecular flexibility index (Phi) is 2.53. The molecule has 0 aliphatic carbocycles. The zero-order valence-electron chi connectivity index (χ0n) is 11.1. The Bertz CT molecular complexity index is 837. The van der Waals surface area contributed by atoms with Gasteiger partial charge in [0.05, 0.1) is 41.7 Å². The topological polar surface area (TPSA) is 77.7 Å². The van der Waals surface area contributed by atoms with Crippen molar-refractivity contribution in [3.05, 3.63) is 47.6 Å². The molecule has 0 atom stereocenters. The van der Waals surface area contributed by atoms with Crippen molar-refractivity contribution in [1.82, 2.24) is 24.8 Å². The Morgan fingerprint density at radius 1 is 1.24 bits per heavy atom. The van der Waals surface area contributed by atoms with Gasteiger partial charge < -0.3 is 14.9 Å². The molecule has 2 aromatic heterocycles. The highest BCUT2D eigenvalue weighted by atomic mass is 19.1. The molecule has 7 heteroatoms. The Balaban J connectivity index is 1.69. The van der Waals surface area contributed by atoms with Crippen LogP contribution in [-0.2, 0) is 13.0 Å². The minimum Gasteiger partial charge on any atom is -0.347 e. The highest BCUT2D eigenvalue weighted by molar-refractivity contribution is 5.97. The first-order valence-electron chi connectivity index (χ1n) is 6.66. The van der Waals surface area contributed by atoms with Gasteiger partial charge >= 0.3 is 0 Å². The van der Waals surface area contributed by atoms with E-state index < -0.39 is 5.82 Å². The predicted octanol–water partition coefficient (Wildman–Crippen LogP) is 1.62. The third kappa shape index (κ3) is 1.81. The number of carbonyl (C=O) groups excluding carboxylic acids is 1. The minimum absolute atomic E-state index is 0.0533. The molecule has 106 valence electrons. The number of halogens is 1. The number of carbonyl (C=O) groups is 1. The number of H-pyrrole nitrogens is 2. The molecule has 0 bridgehead atoms. The van der Waals surface area contributed by atoms with Crippen LogP contribution in [0.4, 0.5) is 4.39 Å². The molecule has 0 saturated carbocycles. The van der Waals surface area contributed by atoms with Crippen molar-refractivity contribution in [2.24, 2.45) is 0 Å². The summed E-state index contributed by atoms with van der Waals surface area (Å²) < 4.78 is 14.4. The molecule has 0 saturated heterocycles. The first-order chi connectivity index (χ1) is 10.2. The molecule has 0 fully saturated rings. The second kappa shape index (κ2) is 4.41. The molecule has 1 amide bonds. The molecular weight excluding hydrogens is 273 g/mol. The smallest absolute Gasteiger partial charge is 0.257 e. The van der Waals surface area contributed by atoms with Gasteiger partial charge in [-0.2, -0.15) is 0 Å². The monoisotopic (exact) mass is 285 g/mol. The number of hydrogen-bond donors (Lipinski definition) is 2. The number of nitrogens with zero attached hydrogens (tertiary/aromatic N) is 3. The predicted molar refractivity (Wildman–Crippen MR) is 73.1 cm³/mol. The largest absolute Gasteiger partial charge is 0.347 e. The zero-order chi connectivity index (χ0) is 14.4. The molecule has 2 N–H and O–H groups in total. The van der Waals surface area contributed by atoms with Gasteiger partial charge in [-0.3, -0.25) is 4.79 Å². The van der Waals surface area contributed by atoms with E-state index >= 15 is 0 Å². The normalized spacial score (nSPS) is 14.4. The number of benzene rings is 1. The third-order valence-electron chi connectivity index (χ3n) is 3.82. The maximum Gasteiger partial charge on any atom is 0.257 e. The van der Waals surface area contributed by atoms with E-state index in [9.17, 15) is 9.18 Å². The molecule has 3 heterocycles. The molecular formula is C14H12FN5O. The number of aromatic amines is 2. The lowest BCUT2D eigenvalue weighted by atomic mass is 10.1. The number of imidazole rings is 2. The fourth-order valence-corrected chi connectivity index (χ4v) is 2.69. The van der Waals surface area contributed by atoms with Crippen molar-refractivity contribution in [2.75, 3.05) is 6.54 Å². The molecule has 0 unspecified atom stereocenters. The average Bonchev–Trinajstić information content (AvgIpc) is 3.15. The SMILES string of the molecule is O=C(c1ccc2[nH]cnc2c1F)N1CCc2nc[nH]c2C1. The fourth-order valence-electron chi connectivity index (χ4n) is 2.69. The maximum absolute atomic E-state index is 14.4. The van der Waals surface area contributed by atoms with E-state index in [2.05, 4.69) is 19.9 Å². The van der Waals surface area contributed by atoms with E-state index in [1.165, 1.54) is 12.4 Å².